The van der Waals surface area contributed by atoms with E-state index in [0.717, 1.165) is 0 Å². The van der Waals surface area contributed by atoms with E-state index in [-0.39, 0.29) is 5.60 Å². The first-order valence-corrected chi connectivity index (χ1v) is 3.55. The molecule has 2 heteroatoms. The highest BCUT2D eigenvalue weighted by molar-refractivity contribution is 4.72. The van der Waals surface area contributed by atoms with Crippen molar-refractivity contribution in [3.8, 4) is 0 Å². The van der Waals surface area contributed by atoms with E-state index in [1.807, 2.05) is 13.8 Å². The molecule has 0 rings (SSSR count). The van der Waals surface area contributed by atoms with Crippen LogP contribution in [0, 0.1) is 5.92 Å². The van der Waals surface area contributed by atoms with Gasteiger partial charge in [-0.2, -0.15) is 0 Å². The van der Waals surface area contributed by atoms with Gasteiger partial charge in [-0.25, -0.2) is 0 Å². The fraction of sp³-hybridized carbons (Fsp3) is 0.750. The van der Waals surface area contributed by atoms with Crippen LogP contribution in [0.1, 0.15) is 27.7 Å². The fourth-order valence-corrected chi connectivity index (χ4v) is 0.311. The quantitative estimate of drug-likeness (QED) is 0.608. The number of hydrogen-bond acceptors (Lipinski definition) is 2. The third-order valence-corrected chi connectivity index (χ3v) is 1.80. The van der Waals surface area contributed by atoms with Crippen molar-refractivity contribution in [3.05, 3.63) is 12.8 Å². The predicted octanol–water partition coefficient (Wildman–Crippen LogP) is 2.09. The summed E-state index contributed by atoms with van der Waals surface area (Å²) in [6.45, 7) is 11.8. The van der Waals surface area contributed by atoms with E-state index in [1.54, 1.807) is 0 Å². The van der Waals surface area contributed by atoms with Gasteiger partial charge in [0.25, 0.3) is 0 Å². The van der Waals surface area contributed by atoms with Gasteiger partial charge >= 0.3 is 0 Å². The molecule has 0 aromatic carbocycles. The maximum Gasteiger partial charge on any atom is 0.0926 e. The molecule has 0 amide bonds. The Hall–Kier alpha value is -0.500. The SMILES string of the molecule is C=CNOC(C)(C)C(C)C. The lowest BCUT2D eigenvalue weighted by Gasteiger charge is -2.28. The van der Waals surface area contributed by atoms with Gasteiger partial charge in [-0.05, 0) is 19.8 Å². The highest BCUT2D eigenvalue weighted by atomic mass is 16.7. The Morgan fingerprint density at radius 3 is 2.30 bits per heavy atom. The molecule has 0 fully saturated rings. The van der Waals surface area contributed by atoms with Gasteiger partial charge in [-0.3, -0.25) is 10.3 Å². The van der Waals surface area contributed by atoms with E-state index in [0.29, 0.717) is 5.92 Å². The molecule has 0 radical (unpaired) electrons. The van der Waals surface area contributed by atoms with Gasteiger partial charge in [0, 0.05) is 6.20 Å². The first kappa shape index (κ1) is 9.50. The second-order valence-corrected chi connectivity index (χ2v) is 3.18. The lowest BCUT2D eigenvalue weighted by Crippen LogP contribution is -2.35. The zero-order chi connectivity index (χ0) is 8.20. The smallest absolute Gasteiger partial charge is 0.0926 e. The molecule has 0 aromatic rings. The average Bonchev–Trinajstić information content (AvgIpc) is 1.84. The zero-order valence-corrected chi connectivity index (χ0v) is 7.27. The molecule has 2 nitrogen and oxygen atoms in total. The minimum atomic E-state index is -0.131. The van der Waals surface area contributed by atoms with Crippen molar-refractivity contribution in [2.45, 2.75) is 33.3 Å². The summed E-state index contributed by atoms with van der Waals surface area (Å²) in [4.78, 5) is 5.27. The lowest BCUT2D eigenvalue weighted by atomic mass is 9.95. The molecule has 60 valence electrons. The van der Waals surface area contributed by atoms with Crippen LogP contribution in [0.5, 0.6) is 0 Å². The second kappa shape index (κ2) is 3.62. The summed E-state index contributed by atoms with van der Waals surface area (Å²) < 4.78 is 0. The van der Waals surface area contributed by atoms with Crippen LogP contribution in [0.4, 0.5) is 0 Å². The van der Waals surface area contributed by atoms with Crippen LogP contribution in [0.2, 0.25) is 0 Å². The topological polar surface area (TPSA) is 21.3 Å². The predicted molar refractivity (Wildman–Crippen MR) is 43.3 cm³/mol. The van der Waals surface area contributed by atoms with Gasteiger partial charge in [-0.15, -0.1) is 0 Å². The molecule has 0 unspecified atom stereocenters. The molecule has 0 aliphatic rings. The monoisotopic (exact) mass is 143 g/mol. The first-order valence-electron chi connectivity index (χ1n) is 3.55. The van der Waals surface area contributed by atoms with Gasteiger partial charge in [0.05, 0.1) is 5.60 Å². The van der Waals surface area contributed by atoms with Crippen LogP contribution in [-0.4, -0.2) is 5.60 Å². The molecule has 0 saturated heterocycles. The van der Waals surface area contributed by atoms with Crippen LogP contribution in [0.3, 0.4) is 0 Å². The third-order valence-electron chi connectivity index (χ3n) is 1.80. The lowest BCUT2D eigenvalue weighted by molar-refractivity contribution is -0.0927. The molecule has 10 heavy (non-hydrogen) atoms. The highest BCUT2D eigenvalue weighted by Crippen LogP contribution is 2.18. The molecule has 0 spiro atoms. The highest BCUT2D eigenvalue weighted by Gasteiger charge is 2.22. The molecule has 0 bridgehead atoms. The Labute approximate surface area is 63.2 Å². The molecule has 0 aliphatic heterocycles. The van der Waals surface area contributed by atoms with E-state index in [2.05, 4.69) is 25.9 Å². The molecule has 0 heterocycles. The van der Waals surface area contributed by atoms with Gasteiger partial charge in [0.15, 0.2) is 0 Å². The molecule has 0 aromatic heterocycles. The molecule has 0 aliphatic carbocycles. The standard InChI is InChI=1S/C8H17NO/c1-6-9-10-8(4,5)7(2)3/h6-7,9H,1H2,2-5H3. The van der Waals surface area contributed by atoms with Crippen molar-refractivity contribution in [3.63, 3.8) is 0 Å². The summed E-state index contributed by atoms with van der Waals surface area (Å²) in [6, 6.07) is 0. The van der Waals surface area contributed by atoms with E-state index < -0.39 is 0 Å². The minimum Gasteiger partial charge on any atom is -0.274 e. The average molecular weight is 143 g/mol. The van der Waals surface area contributed by atoms with E-state index in [4.69, 9.17) is 4.84 Å². The van der Waals surface area contributed by atoms with Crippen LogP contribution in [0.25, 0.3) is 0 Å². The number of hydrogen-bond donors (Lipinski definition) is 1. The molecular formula is C8H17NO. The van der Waals surface area contributed by atoms with E-state index in [1.165, 1.54) is 6.20 Å². The van der Waals surface area contributed by atoms with Crippen LogP contribution >= 0.6 is 0 Å². The molecule has 1 N–H and O–H groups in total. The summed E-state index contributed by atoms with van der Waals surface area (Å²) >= 11 is 0. The largest absolute Gasteiger partial charge is 0.274 e. The first-order chi connectivity index (χ1) is 4.50. The summed E-state index contributed by atoms with van der Waals surface area (Å²) in [5.41, 5.74) is 2.50. The van der Waals surface area contributed by atoms with Crippen LogP contribution < -0.4 is 5.48 Å². The molecule has 0 atom stereocenters. The van der Waals surface area contributed by atoms with Crippen LogP contribution in [-0.2, 0) is 4.84 Å². The maximum atomic E-state index is 5.27. The Balaban J connectivity index is 3.74. The Bertz CT molecular complexity index is 108. The van der Waals surface area contributed by atoms with E-state index in [9.17, 15) is 0 Å². The van der Waals surface area contributed by atoms with Crippen molar-refractivity contribution in [2.75, 3.05) is 0 Å². The zero-order valence-electron chi connectivity index (χ0n) is 7.27. The number of hydroxylamine groups is 1. The number of nitrogens with one attached hydrogen (secondary N) is 1. The Morgan fingerprint density at radius 1 is 1.50 bits per heavy atom. The normalized spacial score (nSPS) is 11.7. The van der Waals surface area contributed by atoms with Crippen molar-refractivity contribution < 1.29 is 4.84 Å². The van der Waals surface area contributed by atoms with Gasteiger partial charge in [0.2, 0.25) is 0 Å². The number of rotatable bonds is 4. The van der Waals surface area contributed by atoms with Crippen molar-refractivity contribution in [1.82, 2.24) is 5.48 Å². The summed E-state index contributed by atoms with van der Waals surface area (Å²) in [5, 5.41) is 0. The summed E-state index contributed by atoms with van der Waals surface area (Å²) in [6.07, 6.45) is 1.53. The van der Waals surface area contributed by atoms with Crippen molar-refractivity contribution in [2.24, 2.45) is 5.92 Å². The third kappa shape index (κ3) is 2.87. The summed E-state index contributed by atoms with van der Waals surface area (Å²) in [7, 11) is 0. The minimum absolute atomic E-state index is 0.131. The van der Waals surface area contributed by atoms with Crippen molar-refractivity contribution in [1.29, 1.82) is 0 Å². The van der Waals surface area contributed by atoms with Crippen molar-refractivity contribution >= 4 is 0 Å². The molecular weight excluding hydrogens is 126 g/mol. The maximum absolute atomic E-state index is 5.27. The Morgan fingerprint density at radius 2 is 2.00 bits per heavy atom. The molecule has 0 saturated carbocycles. The van der Waals surface area contributed by atoms with Gasteiger partial charge in [-0.1, -0.05) is 20.4 Å². The fourth-order valence-electron chi connectivity index (χ4n) is 0.311. The van der Waals surface area contributed by atoms with E-state index >= 15 is 0 Å². The van der Waals surface area contributed by atoms with Gasteiger partial charge in [0.1, 0.15) is 0 Å². The Kier molecular flexibility index (Phi) is 3.43. The van der Waals surface area contributed by atoms with Crippen LogP contribution in [0.15, 0.2) is 12.8 Å². The van der Waals surface area contributed by atoms with Gasteiger partial charge < -0.3 is 0 Å². The second-order valence-electron chi connectivity index (χ2n) is 3.18. The summed E-state index contributed by atoms with van der Waals surface area (Å²) in [5.74, 6) is 0.486.